The van der Waals surface area contributed by atoms with Gasteiger partial charge in [0.2, 0.25) is 0 Å². The van der Waals surface area contributed by atoms with Gasteiger partial charge in [0.25, 0.3) is 0 Å². The van der Waals surface area contributed by atoms with Crippen molar-refractivity contribution in [1.29, 1.82) is 0 Å². The SMILES string of the molecule is CCC(C)Oc1ccc2c(c1)c(C=O)c(C)n2C(C)C. The molecule has 20 heavy (non-hydrogen) atoms. The first-order valence-electron chi connectivity index (χ1n) is 7.26. The number of fused-ring (bicyclic) bond motifs is 1. The number of hydrogen-bond donors (Lipinski definition) is 0. The molecule has 108 valence electrons. The fraction of sp³-hybridized carbons (Fsp3) is 0.471. The highest BCUT2D eigenvalue weighted by Gasteiger charge is 2.16. The number of benzene rings is 1. The molecule has 3 heteroatoms. The molecule has 0 aliphatic carbocycles. The molecule has 0 spiro atoms. The Balaban J connectivity index is 2.59. The molecule has 1 aromatic heterocycles. The van der Waals surface area contributed by atoms with Crippen LogP contribution in [-0.4, -0.2) is 17.0 Å². The molecule has 3 nitrogen and oxygen atoms in total. The summed E-state index contributed by atoms with van der Waals surface area (Å²) in [6.45, 7) is 10.4. The summed E-state index contributed by atoms with van der Waals surface area (Å²) in [5.74, 6) is 0.829. The van der Waals surface area contributed by atoms with Crippen LogP contribution in [0.25, 0.3) is 10.9 Å². The normalized spacial score (nSPS) is 12.9. The molecule has 0 amide bonds. The van der Waals surface area contributed by atoms with Gasteiger partial charge < -0.3 is 9.30 Å². The van der Waals surface area contributed by atoms with Crippen molar-refractivity contribution < 1.29 is 9.53 Å². The van der Waals surface area contributed by atoms with Crippen LogP contribution in [0.5, 0.6) is 5.75 Å². The third-order valence-corrected chi connectivity index (χ3v) is 3.82. The van der Waals surface area contributed by atoms with E-state index in [-0.39, 0.29) is 6.10 Å². The fourth-order valence-electron chi connectivity index (χ4n) is 2.65. The number of ether oxygens (including phenoxy) is 1. The van der Waals surface area contributed by atoms with Crippen LogP contribution in [0.4, 0.5) is 0 Å². The van der Waals surface area contributed by atoms with Crippen LogP contribution in [0.15, 0.2) is 18.2 Å². The summed E-state index contributed by atoms with van der Waals surface area (Å²) in [4.78, 5) is 11.4. The number of rotatable bonds is 5. The molecule has 0 saturated heterocycles. The maximum Gasteiger partial charge on any atom is 0.152 e. The largest absolute Gasteiger partial charge is 0.491 e. The molecule has 0 fully saturated rings. The minimum absolute atomic E-state index is 0.181. The van der Waals surface area contributed by atoms with Crippen LogP contribution >= 0.6 is 0 Å². The second kappa shape index (κ2) is 5.70. The fourth-order valence-corrected chi connectivity index (χ4v) is 2.65. The number of aromatic nitrogens is 1. The summed E-state index contributed by atoms with van der Waals surface area (Å²) in [5.41, 5.74) is 2.88. The molecular formula is C17H23NO2. The molecule has 1 unspecified atom stereocenters. The number of carbonyl (C=O) groups is 1. The Morgan fingerprint density at radius 3 is 2.55 bits per heavy atom. The van der Waals surface area contributed by atoms with Crippen LogP contribution in [0.2, 0.25) is 0 Å². The van der Waals surface area contributed by atoms with Gasteiger partial charge in [-0.1, -0.05) is 6.92 Å². The second-order valence-electron chi connectivity index (χ2n) is 5.60. The topological polar surface area (TPSA) is 31.2 Å². The first kappa shape index (κ1) is 14.6. The number of hydrogen-bond acceptors (Lipinski definition) is 2. The van der Waals surface area contributed by atoms with Crippen molar-refractivity contribution in [2.45, 2.75) is 53.2 Å². The van der Waals surface area contributed by atoms with Gasteiger partial charge in [0.05, 0.1) is 6.10 Å². The van der Waals surface area contributed by atoms with E-state index in [1.165, 1.54) is 0 Å². The lowest BCUT2D eigenvalue weighted by molar-refractivity contribution is 0.112. The third-order valence-electron chi connectivity index (χ3n) is 3.82. The van der Waals surface area contributed by atoms with Gasteiger partial charge in [0, 0.05) is 28.2 Å². The van der Waals surface area contributed by atoms with Crippen molar-refractivity contribution in [1.82, 2.24) is 4.57 Å². The highest BCUT2D eigenvalue weighted by Crippen LogP contribution is 2.31. The zero-order valence-electron chi connectivity index (χ0n) is 12.9. The Morgan fingerprint density at radius 2 is 2.00 bits per heavy atom. The first-order valence-corrected chi connectivity index (χ1v) is 7.26. The summed E-state index contributed by atoms with van der Waals surface area (Å²) < 4.78 is 8.06. The summed E-state index contributed by atoms with van der Waals surface area (Å²) in [6, 6.07) is 6.35. The number of nitrogens with zero attached hydrogens (tertiary/aromatic N) is 1. The van der Waals surface area contributed by atoms with E-state index in [1.54, 1.807) is 0 Å². The van der Waals surface area contributed by atoms with Gasteiger partial charge in [-0.05, 0) is 52.3 Å². The molecule has 1 heterocycles. The van der Waals surface area contributed by atoms with Crippen LogP contribution in [0, 0.1) is 6.92 Å². The van der Waals surface area contributed by atoms with Crippen molar-refractivity contribution in [2.75, 3.05) is 0 Å². The predicted molar refractivity (Wildman–Crippen MR) is 82.8 cm³/mol. The first-order chi connectivity index (χ1) is 9.49. The standard InChI is InChI=1S/C17H23NO2/c1-6-12(4)20-14-7-8-17-15(9-14)16(10-19)13(5)18(17)11(2)3/h7-12H,6H2,1-5H3. The van der Waals surface area contributed by atoms with Crippen LogP contribution < -0.4 is 4.74 Å². The zero-order valence-corrected chi connectivity index (χ0v) is 12.9. The predicted octanol–water partition coefficient (Wildman–Crippen LogP) is 4.52. The zero-order chi connectivity index (χ0) is 14.9. The molecule has 0 radical (unpaired) electrons. The van der Waals surface area contributed by atoms with E-state index in [1.807, 2.05) is 25.1 Å². The van der Waals surface area contributed by atoms with Gasteiger partial charge in [-0.3, -0.25) is 4.79 Å². The Labute approximate surface area is 120 Å². The van der Waals surface area contributed by atoms with E-state index in [4.69, 9.17) is 4.74 Å². The minimum Gasteiger partial charge on any atom is -0.491 e. The average Bonchev–Trinajstić information content (AvgIpc) is 2.69. The van der Waals surface area contributed by atoms with Gasteiger partial charge in [0.15, 0.2) is 6.29 Å². The second-order valence-corrected chi connectivity index (χ2v) is 5.60. The molecule has 2 rings (SSSR count). The maximum absolute atomic E-state index is 11.4. The Hall–Kier alpha value is -1.77. The van der Waals surface area contributed by atoms with E-state index >= 15 is 0 Å². The van der Waals surface area contributed by atoms with Crippen molar-refractivity contribution in [3.05, 3.63) is 29.5 Å². The van der Waals surface area contributed by atoms with Gasteiger partial charge in [-0.25, -0.2) is 0 Å². The highest BCUT2D eigenvalue weighted by molar-refractivity contribution is 6.00. The lowest BCUT2D eigenvalue weighted by atomic mass is 10.1. The molecule has 0 aliphatic rings. The molecular weight excluding hydrogens is 250 g/mol. The molecule has 1 aromatic carbocycles. The highest BCUT2D eigenvalue weighted by atomic mass is 16.5. The van der Waals surface area contributed by atoms with Crippen molar-refractivity contribution in [2.24, 2.45) is 0 Å². The molecule has 0 bridgehead atoms. The van der Waals surface area contributed by atoms with Crippen LogP contribution in [0.3, 0.4) is 0 Å². The van der Waals surface area contributed by atoms with Crippen LogP contribution in [-0.2, 0) is 0 Å². The molecule has 0 N–H and O–H groups in total. The van der Waals surface area contributed by atoms with E-state index in [0.717, 1.165) is 40.6 Å². The van der Waals surface area contributed by atoms with Gasteiger partial charge >= 0.3 is 0 Å². The van der Waals surface area contributed by atoms with Crippen molar-refractivity contribution in [3.63, 3.8) is 0 Å². The van der Waals surface area contributed by atoms with E-state index in [9.17, 15) is 4.79 Å². The summed E-state index contributed by atoms with van der Waals surface area (Å²) in [5, 5.41) is 0.979. The lowest BCUT2D eigenvalue weighted by Gasteiger charge is -2.14. The number of carbonyl (C=O) groups excluding carboxylic acids is 1. The van der Waals surface area contributed by atoms with Crippen molar-refractivity contribution >= 4 is 17.2 Å². The molecule has 0 saturated carbocycles. The Kier molecular flexibility index (Phi) is 4.17. The summed E-state index contributed by atoms with van der Waals surface area (Å²) >= 11 is 0. The van der Waals surface area contributed by atoms with Gasteiger partial charge in [-0.2, -0.15) is 0 Å². The minimum atomic E-state index is 0.181. The summed E-state index contributed by atoms with van der Waals surface area (Å²) in [6.07, 6.45) is 2.09. The van der Waals surface area contributed by atoms with Crippen LogP contribution in [0.1, 0.15) is 56.2 Å². The lowest BCUT2D eigenvalue weighted by Crippen LogP contribution is -2.09. The number of aldehydes is 1. The van der Waals surface area contributed by atoms with E-state index in [0.29, 0.717) is 6.04 Å². The van der Waals surface area contributed by atoms with Crippen molar-refractivity contribution in [3.8, 4) is 5.75 Å². The molecule has 2 aromatic rings. The van der Waals surface area contributed by atoms with E-state index < -0.39 is 0 Å². The molecule has 0 aliphatic heterocycles. The quantitative estimate of drug-likeness (QED) is 0.750. The summed E-state index contributed by atoms with van der Waals surface area (Å²) in [7, 11) is 0. The monoisotopic (exact) mass is 273 g/mol. The maximum atomic E-state index is 11.4. The van der Waals surface area contributed by atoms with Gasteiger partial charge in [-0.15, -0.1) is 0 Å². The third kappa shape index (κ3) is 2.45. The average molecular weight is 273 g/mol. The van der Waals surface area contributed by atoms with Gasteiger partial charge in [0.1, 0.15) is 5.75 Å². The smallest absolute Gasteiger partial charge is 0.152 e. The Bertz CT molecular complexity index is 625. The Morgan fingerprint density at radius 1 is 1.30 bits per heavy atom. The molecule has 1 atom stereocenters. The van der Waals surface area contributed by atoms with E-state index in [2.05, 4.69) is 32.3 Å².